The van der Waals surface area contributed by atoms with Crippen LogP contribution in [0, 0.1) is 0 Å². The second-order valence-electron chi connectivity index (χ2n) is 7.74. The molecule has 2 unspecified atom stereocenters. The fourth-order valence-corrected chi connectivity index (χ4v) is 3.99. The van der Waals surface area contributed by atoms with Crippen LogP contribution in [0.4, 0.5) is 0 Å². The number of carbonyl (C=O) groups excluding carboxylic acids is 1. The minimum absolute atomic E-state index is 0.0350. The fraction of sp³-hybridized carbons (Fsp3) is 0.476. The Kier molecular flexibility index (Phi) is 6.03. The van der Waals surface area contributed by atoms with E-state index in [1.54, 1.807) is 36.8 Å². The Morgan fingerprint density at radius 3 is 3.10 bits per heavy atom. The fourth-order valence-electron chi connectivity index (χ4n) is 3.99. The predicted octanol–water partition coefficient (Wildman–Crippen LogP) is 0.950. The Bertz CT molecular complexity index is 867. The van der Waals surface area contributed by atoms with Crippen molar-refractivity contribution in [3.05, 3.63) is 64.3 Å². The van der Waals surface area contributed by atoms with Crippen LogP contribution in [0.2, 0.25) is 0 Å². The van der Waals surface area contributed by atoms with E-state index < -0.39 is 0 Å². The summed E-state index contributed by atoms with van der Waals surface area (Å²) in [4.78, 5) is 32.5. The molecule has 2 fully saturated rings. The lowest BCUT2D eigenvalue weighted by Gasteiger charge is -2.32. The number of aromatic nitrogens is 2. The van der Waals surface area contributed by atoms with E-state index in [0.717, 1.165) is 38.0 Å². The molecule has 8 nitrogen and oxygen atoms in total. The molecule has 2 aromatic heterocycles. The summed E-state index contributed by atoms with van der Waals surface area (Å²) >= 11 is 0. The molecule has 8 heteroatoms. The van der Waals surface area contributed by atoms with Crippen molar-refractivity contribution in [1.29, 1.82) is 0 Å². The maximum atomic E-state index is 12.2. The largest absolute Gasteiger partial charge is 0.377 e. The van der Waals surface area contributed by atoms with Crippen LogP contribution in [-0.2, 0) is 16.0 Å². The van der Waals surface area contributed by atoms with Gasteiger partial charge in [0.05, 0.1) is 24.9 Å². The lowest BCUT2D eigenvalue weighted by molar-refractivity contribution is -0.0849. The smallest absolute Gasteiger partial charge is 0.252 e. The van der Waals surface area contributed by atoms with Gasteiger partial charge in [0.1, 0.15) is 5.60 Å². The first kappa shape index (κ1) is 19.8. The van der Waals surface area contributed by atoms with Crippen LogP contribution < -0.4 is 10.9 Å². The van der Waals surface area contributed by atoms with Gasteiger partial charge in [-0.05, 0) is 30.5 Å². The van der Waals surface area contributed by atoms with E-state index in [1.807, 2.05) is 6.07 Å². The first-order chi connectivity index (χ1) is 14.1. The quantitative estimate of drug-likeness (QED) is 0.779. The van der Waals surface area contributed by atoms with Crippen LogP contribution in [0.1, 0.15) is 28.8 Å². The second kappa shape index (κ2) is 8.86. The van der Waals surface area contributed by atoms with E-state index in [4.69, 9.17) is 9.47 Å². The van der Waals surface area contributed by atoms with Gasteiger partial charge >= 0.3 is 0 Å². The topological polar surface area (TPSA) is 96.6 Å². The number of hydrogen-bond donors (Lipinski definition) is 2. The average molecular weight is 398 g/mol. The molecule has 0 saturated carbocycles. The number of ether oxygens (including phenoxy) is 2. The number of nitrogens with one attached hydrogen (secondary N) is 2. The molecule has 2 saturated heterocycles. The molecule has 2 aliphatic heterocycles. The van der Waals surface area contributed by atoms with Gasteiger partial charge in [0, 0.05) is 50.8 Å². The molecule has 1 amide bonds. The standard InChI is InChI=1S/C21H26N4O4/c26-19-4-3-16(10-23-19)13-25-8-9-28-15-21(14-25)6-5-18(29-21)12-24-20(27)17-2-1-7-22-11-17/h1-4,7,10-11,18H,5-6,8-9,12-15H2,(H,23,26)(H,24,27). The molecule has 0 aliphatic carbocycles. The molecule has 0 aromatic carbocycles. The van der Waals surface area contributed by atoms with Gasteiger partial charge in [-0.2, -0.15) is 0 Å². The number of hydrogen-bond acceptors (Lipinski definition) is 6. The highest BCUT2D eigenvalue weighted by Gasteiger charge is 2.43. The molecular weight excluding hydrogens is 372 g/mol. The maximum absolute atomic E-state index is 12.2. The summed E-state index contributed by atoms with van der Waals surface area (Å²) in [6.07, 6.45) is 6.69. The third-order valence-electron chi connectivity index (χ3n) is 5.44. The third-order valence-corrected chi connectivity index (χ3v) is 5.44. The van der Waals surface area contributed by atoms with Crippen molar-refractivity contribution in [3.8, 4) is 0 Å². The summed E-state index contributed by atoms with van der Waals surface area (Å²) in [6, 6.07) is 6.89. The number of rotatable bonds is 5. The number of carbonyl (C=O) groups is 1. The first-order valence-electron chi connectivity index (χ1n) is 9.96. The Morgan fingerprint density at radius 2 is 2.31 bits per heavy atom. The zero-order valence-corrected chi connectivity index (χ0v) is 16.3. The molecule has 2 aliphatic rings. The zero-order valence-electron chi connectivity index (χ0n) is 16.3. The van der Waals surface area contributed by atoms with Crippen LogP contribution in [0.3, 0.4) is 0 Å². The van der Waals surface area contributed by atoms with E-state index in [1.165, 1.54) is 0 Å². The number of amides is 1. The van der Waals surface area contributed by atoms with Crippen molar-refractivity contribution in [3.63, 3.8) is 0 Å². The molecule has 1 spiro atoms. The Labute approximate surface area is 169 Å². The molecule has 4 rings (SSSR count). The summed E-state index contributed by atoms with van der Waals surface area (Å²) in [7, 11) is 0. The molecular formula is C21H26N4O4. The summed E-state index contributed by atoms with van der Waals surface area (Å²) in [6.45, 7) is 3.98. The highest BCUT2D eigenvalue weighted by Crippen LogP contribution is 2.33. The van der Waals surface area contributed by atoms with Crippen LogP contribution >= 0.6 is 0 Å². The maximum Gasteiger partial charge on any atom is 0.252 e. The minimum atomic E-state index is -0.359. The van der Waals surface area contributed by atoms with Crippen molar-refractivity contribution >= 4 is 5.91 Å². The Balaban J connectivity index is 1.33. The van der Waals surface area contributed by atoms with Gasteiger partial charge in [-0.1, -0.05) is 6.07 Å². The predicted molar refractivity (Wildman–Crippen MR) is 107 cm³/mol. The van der Waals surface area contributed by atoms with Gasteiger partial charge in [0.15, 0.2) is 0 Å². The average Bonchev–Trinajstić information content (AvgIpc) is 3.03. The van der Waals surface area contributed by atoms with E-state index in [2.05, 4.69) is 20.2 Å². The molecule has 2 aromatic rings. The Hall–Kier alpha value is -2.55. The van der Waals surface area contributed by atoms with Crippen molar-refractivity contribution in [2.75, 3.05) is 32.8 Å². The van der Waals surface area contributed by atoms with Crippen LogP contribution in [-0.4, -0.2) is 65.3 Å². The first-order valence-corrected chi connectivity index (χ1v) is 9.96. The van der Waals surface area contributed by atoms with Crippen molar-refractivity contribution < 1.29 is 14.3 Å². The van der Waals surface area contributed by atoms with Gasteiger partial charge in [-0.25, -0.2) is 0 Å². The number of aromatic amines is 1. The molecule has 2 atom stereocenters. The van der Waals surface area contributed by atoms with Gasteiger partial charge in [-0.15, -0.1) is 0 Å². The number of H-pyrrole nitrogens is 1. The van der Waals surface area contributed by atoms with Crippen LogP contribution in [0.25, 0.3) is 0 Å². The second-order valence-corrected chi connectivity index (χ2v) is 7.74. The van der Waals surface area contributed by atoms with E-state index >= 15 is 0 Å². The summed E-state index contributed by atoms with van der Waals surface area (Å²) < 4.78 is 12.2. The lowest BCUT2D eigenvalue weighted by atomic mass is 10.00. The van der Waals surface area contributed by atoms with E-state index in [9.17, 15) is 9.59 Å². The Morgan fingerprint density at radius 1 is 1.38 bits per heavy atom. The van der Waals surface area contributed by atoms with Crippen LogP contribution in [0.15, 0.2) is 47.7 Å². The van der Waals surface area contributed by atoms with Crippen molar-refractivity contribution in [2.45, 2.75) is 31.1 Å². The molecule has 4 heterocycles. The van der Waals surface area contributed by atoms with E-state index in [-0.39, 0.29) is 23.2 Å². The molecule has 154 valence electrons. The minimum Gasteiger partial charge on any atom is -0.377 e. The van der Waals surface area contributed by atoms with Crippen molar-refractivity contribution in [1.82, 2.24) is 20.2 Å². The zero-order chi connectivity index (χ0) is 20.1. The number of nitrogens with zero attached hydrogens (tertiary/aromatic N) is 2. The van der Waals surface area contributed by atoms with Gasteiger partial charge in [-0.3, -0.25) is 19.5 Å². The van der Waals surface area contributed by atoms with Crippen LogP contribution in [0.5, 0.6) is 0 Å². The third kappa shape index (κ3) is 5.09. The molecule has 29 heavy (non-hydrogen) atoms. The SMILES string of the molecule is O=C(NCC1CCC2(COCCN(Cc3ccc(=O)[nH]c3)C2)O1)c1cccnc1. The molecule has 2 N–H and O–H groups in total. The normalized spacial score (nSPS) is 25.0. The molecule has 0 bridgehead atoms. The van der Waals surface area contributed by atoms with Gasteiger partial charge in [0.25, 0.3) is 5.91 Å². The molecule has 0 radical (unpaired) electrons. The highest BCUT2D eigenvalue weighted by atomic mass is 16.6. The number of pyridine rings is 2. The van der Waals surface area contributed by atoms with E-state index in [0.29, 0.717) is 25.3 Å². The summed E-state index contributed by atoms with van der Waals surface area (Å²) in [5.41, 5.74) is 1.15. The monoisotopic (exact) mass is 398 g/mol. The van der Waals surface area contributed by atoms with Crippen molar-refractivity contribution in [2.24, 2.45) is 0 Å². The summed E-state index contributed by atoms with van der Waals surface area (Å²) in [5, 5.41) is 2.94. The van der Waals surface area contributed by atoms with Gasteiger partial charge in [0.2, 0.25) is 5.56 Å². The van der Waals surface area contributed by atoms with Gasteiger partial charge < -0.3 is 19.8 Å². The summed E-state index contributed by atoms with van der Waals surface area (Å²) in [5.74, 6) is -0.139. The lowest BCUT2D eigenvalue weighted by Crippen LogP contribution is -2.45. The highest BCUT2D eigenvalue weighted by molar-refractivity contribution is 5.93.